The van der Waals surface area contributed by atoms with E-state index in [9.17, 15) is 0 Å². The van der Waals surface area contributed by atoms with Crippen LogP contribution in [0.3, 0.4) is 0 Å². The van der Waals surface area contributed by atoms with Crippen LogP contribution in [0.25, 0.3) is 5.82 Å². The number of hydrogen-bond donors (Lipinski definition) is 1. The van der Waals surface area contributed by atoms with Crippen molar-refractivity contribution in [3.8, 4) is 5.82 Å². The van der Waals surface area contributed by atoms with E-state index in [0.29, 0.717) is 10.7 Å². The van der Waals surface area contributed by atoms with Crippen LogP contribution in [-0.4, -0.2) is 19.8 Å². The molecule has 0 aromatic carbocycles. The van der Waals surface area contributed by atoms with Gasteiger partial charge < -0.3 is 5.73 Å². The molecular weight excluding hydrogens is 244 g/mol. The lowest BCUT2D eigenvalue weighted by Crippen LogP contribution is -2.13. The largest absolute Gasteiger partial charge is 0.388 e. The summed E-state index contributed by atoms with van der Waals surface area (Å²) in [5, 5.41) is 4.54. The van der Waals surface area contributed by atoms with E-state index in [4.69, 9.17) is 18.0 Å². The second-order valence-electron chi connectivity index (χ2n) is 3.99. The topological polar surface area (TPSA) is 56.7 Å². The van der Waals surface area contributed by atoms with Crippen LogP contribution in [0.2, 0.25) is 0 Å². The number of aromatic nitrogens is 3. The van der Waals surface area contributed by atoms with Crippen molar-refractivity contribution < 1.29 is 0 Å². The van der Waals surface area contributed by atoms with Crippen molar-refractivity contribution >= 4 is 17.2 Å². The van der Waals surface area contributed by atoms with Crippen LogP contribution in [0.15, 0.2) is 24.3 Å². The van der Waals surface area contributed by atoms with Crippen molar-refractivity contribution in [1.29, 1.82) is 0 Å². The average Bonchev–Trinajstić information content (AvgIpc) is 2.82. The summed E-state index contributed by atoms with van der Waals surface area (Å²) in [6.07, 6.45) is 1.82. The van der Waals surface area contributed by atoms with Crippen LogP contribution >= 0.6 is 12.2 Å². The molecule has 0 unspecified atom stereocenters. The summed E-state index contributed by atoms with van der Waals surface area (Å²) >= 11 is 4.95. The molecule has 2 aromatic rings. The lowest BCUT2D eigenvalue weighted by Gasteiger charge is -2.06. The zero-order valence-corrected chi connectivity index (χ0v) is 11.4. The monoisotopic (exact) mass is 260 g/mol. The Morgan fingerprint density at radius 1 is 1.33 bits per heavy atom. The molecule has 5 heteroatoms. The van der Waals surface area contributed by atoms with Gasteiger partial charge in [-0.05, 0) is 31.0 Å². The molecule has 0 saturated heterocycles. The van der Waals surface area contributed by atoms with Crippen molar-refractivity contribution in [2.75, 3.05) is 0 Å². The van der Waals surface area contributed by atoms with Gasteiger partial charge in [-0.15, -0.1) is 0 Å². The van der Waals surface area contributed by atoms with Crippen LogP contribution in [0, 0.1) is 0 Å². The molecule has 2 N–H and O–H groups in total. The maximum Gasteiger partial charge on any atom is 0.154 e. The predicted octanol–water partition coefficient (Wildman–Crippen LogP) is 2.03. The first-order valence-electron chi connectivity index (χ1n) is 6.00. The first-order valence-corrected chi connectivity index (χ1v) is 6.41. The Balaban J connectivity index is 2.50. The molecule has 0 saturated carbocycles. The van der Waals surface area contributed by atoms with Gasteiger partial charge >= 0.3 is 0 Å². The highest BCUT2D eigenvalue weighted by Crippen LogP contribution is 2.12. The van der Waals surface area contributed by atoms with Gasteiger partial charge in [0.15, 0.2) is 5.82 Å². The molecule has 2 aromatic heterocycles. The number of rotatable bonds is 4. The molecule has 2 rings (SSSR count). The molecule has 0 amide bonds. The molecular formula is C13H16N4S. The maximum atomic E-state index is 5.60. The quantitative estimate of drug-likeness (QED) is 0.855. The summed E-state index contributed by atoms with van der Waals surface area (Å²) in [6, 6.07) is 7.72. The van der Waals surface area contributed by atoms with Crippen LogP contribution in [-0.2, 0) is 12.8 Å². The zero-order valence-electron chi connectivity index (χ0n) is 10.6. The van der Waals surface area contributed by atoms with E-state index in [1.807, 2.05) is 22.9 Å². The predicted molar refractivity (Wildman–Crippen MR) is 76.0 cm³/mol. The summed E-state index contributed by atoms with van der Waals surface area (Å²) in [6.45, 7) is 4.19. The third kappa shape index (κ3) is 2.41. The third-order valence-corrected chi connectivity index (χ3v) is 2.97. The fourth-order valence-electron chi connectivity index (χ4n) is 1.78. The number of nitrogens with two attached hydrogens (primary N) is 1. The van der Waals surface area contributed by atoms with E-state index in [1.165, 1.54) is 0 Å². The molecule has 18 heavy (non-hydrogen) atoms. The third-order valence-electron chi connectivity index (χ3n) is 2.76. The Kier molecular flexibility index (Phi) is 3.72. The van der Waals surface area contributed by atoms with Crippen LogP contribution in [0.5, 0.6) is 0 Å². The first-order chi connectivity index (χ1) is 8.65. The van der Waals surface area contributed by atoms with Gasteiger partial charge in [0, 0.05) is 5.69 Å². The van der Waals surface area contributed by atoms with Crippen molar-refractivity contribution in [2.45, 2.75) is 26.7 Å². The highest BCUT2D eigenvalue weighted by atomic mass is 32.1. The molecule has 2 heterocycles. The molecule has 0 fully saturated rings. The Bertz CT molecular complexity index is 574. The number of thiocarbonyl (C=S) groups is 1. The first kappa shape index (κ1) is 12.7. The Hall–Kier alpha value is -1.75. The molecule has 0 atom stereocenters. The summed E-state index contributed by atoms with van der Waals surface area (Å²) in [7, 11) is 0. The minimum Gasteiger partial charge on any atom is -0.388 e. The lowest BCUT2D eigenvalue weighted by molar-refractivity contribution is 0.771. The van der Waals surface area contributed by atoms with Crippen molar-refractivity contribution in [3.05, 3.63) is 41.3 Å². The van der Waals surface area contributed by atoms with Crippen LogP contribution in [0.1, 0.15) is 30.9 Å². The highest BCUT2D eigenvalue weighted by molar-refractivity contribution is 7.80. The lowest BCUT2D eigenvalue weighted by atomic mass is 10.2. The standard InChI is InChI=1S/C13H16N4S/c1-3-9-8-10(4-2)17(16-9)12-7-5-6-11(15-12)13(14)18/h5-8H,3-4H2,1-2H3,(H2,14,18). The molecule has 0 aliphatic heterocycles. The smallest absolute Gasteiger partial charge is 0.154 e. The van der Waals surface area contributed by atoms with Gasteiger partial charge in [0.25, 0.3) is 0 Å². The molecule has 94 valence electrons. The van der Waals surface area contributed by atoms with Gasteiger partial charge in [0.05, 0.1) is 11.4 Å². The normalized spacial score (nSPS) is 10.6. The van der Waals surface area contributed by atoms with Gasteiger partial charge in [0.1, 0.15) is 4.99 Å². The van der Waals surface area contributed by atoms with E-state index in [0.717, 1.165) is 30.0 Å². The Labute approximate surface area is 112 Å². The Morgan fingerprint density at radius 3 is 2.72 bits per heavy atom. The SMILES string of the molecule is CCc1cc(CC)n(-c2cccc(C(N)=S)n2)n1. The van der Waals surface area contributed by atoms with Crippen LogP contribution in [0.4, 0.5) is 0 Å². The fraction of sp³-hybridized carbons (Fsp3) is 0.308. The summed E-state index contributed by atoms with van der Waals surface area (Å²) in [4.78, 5) is 4.74. The van der Waals surface area contributed by atoms with Crippen molar-refractivity contribution in [1.82, 2.24) is 14.8 Å². The van der Waals surface area contributed by atoms with E-state index in [2.05, 4.69) is 30.0 Å². The van der Waals surface area contributed by atoms with Gasteiger partial charge in [-0.1, -0.05) is 32.1 Å². The fourth-order valence-corrected chi connectivity index (χ4v) is 1.89. The zero-order chi connectivity index (χ0) is 13.1. The van der Waals surface area contributed by atoms with Gasteiger partial charge in [-0.2, -0.15) is 5.10 Å². The van der Waals surface area contributed by atoms with E-state index < -0.39 is 0 Å². The van der Waals surface area contributed by atoms with E-state index >= 15 is 0 Å². The molecule has 0 spiro atoms. The van der Waals surface area contributed by atoms with Crippen molar-refractivity contribution in [2.24, 2.45) is 5.73 Å². The molecule has 0 aliphatic rings. The maximum absolute atomic E-state index is 5.60. The van der Waals surface area contributed by atoms with Crippen LogP contribution < -0.4 is 5.73 Å². The molecule has 0 bridgehead atoms. The van der Waals surface area contributed by atoms with Gasteiger partial charge in [0.2, 0.25) is 0 Å². The van der Waals surface area contributed by atoms with E-state index in [-0.39, 0.29) is 0 Å². The average molecular weight is 260 g/mol. The second-order valence-corrected chi connectivity index (χ2v) is 4.43. The number of hydrogen-bond acceptors (Lipinski definition) is 3. The van der Waals surface area contributed by atoms with Crippen molar-refractivity contribution in [3.63, 3.8) is 0 Å². The summed E-state index contributed by atoms with van der Waals surface area (Å²) in [5.41, 5.74) is 8.43. The second kappa shape index (κ2) is 5.27. The summed E-state index contributed by atoms with van der Waals surface area (Å²) in [5.74, 6) is 0.761. The Morgan fingerprint density at radius 2 is 2.11 bits per heavy atom. The van der Waals surface area contributed by atoms with Gasteiger partial charge in [-0.3, -0.25) is 0 Å². The molecule has 0 radical (unpaired) electrons. The minimum atomic E-state index is 0.303. The van der Waals surface area contributed by atoms with E-state index in [1.54, 1.807) is 0 Å². The number of aryl methyl sites for hydroxylation is 2. The van der Waals surface area contributed by atoms with Gasteiger partial charge in [-0.25, -0.2) is 9.67 Å². The molecule has 4 nitrogen and oxygen atoms in total. The highest BCUT2D eigenvalue weighted by Gasteiger charge is 2.09. The number of pyridine rings is 1. The molecule has 0 aliphatic carbocycles. The minimum absolute atomic E-state index is 0.303. The number of nitrogens with zero attached hydrogens (tertiary/aromatic N) is 3. The summed E-state index contributed by atoms with van der Waals surface area (Å²) < 4.78 is 1.86.